The summed E-state index contributed by atoms with van der Waals surface area (Å²) >= 11 is 3.02. The van der Waals surface area contributed by atoms with Crippen molar-refractivity contribution in [2.45, 2.75) is 13.5 Å². The van der Waals surface area contributed by atoms with Crippen molar-refractivity contribution in [2.75, 3.05) is 5.32 Å². The first-order chi connectivity index (χ1) is 8.08. The highest BCUT2D eigenvalue weighted by molar-refractivity contribution is 9.10. The minimum atomic E-state index is -0.634. The molecule has 0 amide bonds. The van der Waals surface area contributed by atoms with Crippen LogP contribution in [0.2, 0.25) is 0 Å². The van der Waals surface area contributed by atoms with E-state index in [1.54, 1.807) is 6.33 Å². The molecule has 0 radical (unpaired) electrons. The van der Waals surface area contributed by atoms with Crippen molar-refractivity contribution in [1.82, 2.24) is 9.97 Å². The van der Waals surface area contributed by atoms with E-state index in [0.29, 0.717) is 4.47 Å². The maximum absolute atomic E-state index is 13.5. The molecule has 17 heavy (non-hydrogen) atoms. The Balaban J connectivity index is 2.17. The Morgan fingerprint density at radius 2 is 2.00 bits per heavy atom. The first-order valence-corrected chi connectivity index (χ1v) is 5.74. The van der Waals surface area contributed by atoms with Crippen LogP contribution in [-0.4, -0.2) is 9.97 Å². The molecule has 2 rings (SSSR count). The molecule has 0 fully saturated rings. The lowest BCUT2D eigenvalue weighted by atomic mass is 10.2. The monoisotopic (exact) mass is 301 g/mol. The van der Waals surface area contributed by atoms with Crippen LogP contribution in [0.5, 0.6) is 0 Å². The zero-order chi connectivity index (χ0) is 12.4. The summed E-state index contributed by atoms with van der Waals surface area (Å²) in [5.74, 6) is -1.27. The van der Waals surface area contributed by atoms with Gasteiger partial charge in [0.2, 0.25) is 0 Å². The maximum atomic E-state index is 13.5. The van der Waals surface area contributed by atoms with Crippen LogP contribution in [0.15, 0.2) is 22.9 Å². The molecule has 2 N–H and O–H groups in total. The van der Waals surface area contributed by atoms with Crippen molar-refractivity contribution in [3.63, 3.8) is 0 Å². The molecule has 0 unspecified atom stereocenters. The van der Waals surface area contributed by atoms with Gasteiger partial charge in [0.1, 0.15) is 17.3 Å². The number of halogens is 3. The highest BCUT2D eigenvalue weighted by atomic mass is 79.9. The molecule has 0 atom stereocenters. The third-order valence-electron chi connectivity index (χ3n) is 2.37. The van der Waals surface area contributed by atoms with Gasteiger partial charge in [0, 0.05) is 10.2 Å². The Morgan fingerprint density at radius 3 is 2.53 bits per heavy atom. The highest BCUT2D eigenvalue weighted by Crippen LogP contribution is 2.24. The molecule has 1 aromatic heterocycles. The fourth-order valence-corrected chi connectivity index (χ4v) is 1.85. The Hall–Kier alpha value is -1.43. The minimum Gasteiger partial charge on any atom is -0.375 e. The summed E-state index contributed by atoms with van der Waals surface area (Å²) in [7, 11) is 0. The zero-order valence-electron chi connectivity index (χ0n) is 9.02. The molecule has 6 heteroatoms. The van der Waals surface area contributed by atoms with Crippen LogP contribution in [0.4, 0.5) is 14.5 Å². The molecule has 0 aliphatic carbocycles. The van der Waals surface area contributed by atoms with Crippen molar-refractivity contribution < 1.29 is 8.78 Å². The lowest BCUT2D eigenvalue weighted by Crippen LogP contribution is -2.05. The first-order valence-electron chi connectivity index (χ1n) is 4.95. The lowest BCUT2D eigenvalue weighted by Gasteiger charge is -2.08. The zero-order valence-corrected chi connectivity index (χ0v) is 10.6. The topological polar surface area (TPSA) is 40.7 Å². The van der Waals surface area contributed by atoms with Gasteiger partial charge in [0.25, 0.3) is 0 Å². The molecule has 0 aliphatic rings. The standard InChI is InChI=1S/C11H10BrF2N3/c1-6-10(17-5-16-6)4-15-11-8(13)2-7(12)3-9(11)14/h2-3,5,15H,4H2,1H3,(H,16,17). The molecule has 0 bridgehead atoms. The Bertz CT molecular complexity index is 516. The summed E-state index contributed by atoms with van der Waals surface area (Å²) in [6, 6.07) is 2.42. The third kappa shape index (κ3) is 2.63. The number of aromatic nitrogens is 2. The number of nitrogens with one attached hydrogen (secondary N) is 2. The summed E-state index contributed by atoms with van der Waals surface area (Å²) in [6.07, 6.45) is 1.54. The molecule has 3 nitrogen and oxygen atoms in total. The smallest absolute Gasteiger partial charge is 0.150 e. The van der Waals surface area contributed by atoms with Gasteiger partial charge < -0.3 is 10.3 Å². The van der Waals surface area contributed by atoms with Gasteiger partial charge in [0.15, 0.2) is 0 Å². The van der Waals surface area contributed by atoms with Gasteiger partial charge in [-0.25, -0.2) is 13.8 Å². The number of anilines is 1. The van der Waals surface area contributed by atoms with Crippen molar-refractivity contribution in [2.24, 2.45) is 0 Å². The Labute approximate surface area is 105 Å². The van der Waals surface area contributed by atoms with Gasteiger partial charge in [-0.05, 0) is 19.1 Å². The van der Waals surface area contributed by atoms with E-state index in [0.717, 1.165) is 11.4 Å². The van der Waals surface area contributed by atoms with Crippen LogP contribution in [0.3, 0.4) is 0 Å². The van der Waals surface area contributed by atoms with Crippen LogP contribution in [0.1, 0.15) is 11.4 Å². The van der Waals surface area contributed by atoms with E-state index >= 15 is 0 Å². The quantitative estimate of drug-likeness (QED) is 0.912. The summed E-state index contributed by atoms with van der Waals surface area (Å²) in [5.41, 5.74) is 1.46. The Morgan fingerprint density at radius 1 is 1.35 bits per heavy atom. The fourth-order valence-electron chi connectivity index (χ4n) is 1.45. The molecule has 0 spiro atoms. The number of nitrogens with zero attached hydrogens (tertiary/aromatic N) is 1. The van der Waals surface area contributed by atoms with E-state index in [4.69, 9.17) is 0 Å². The van der Waals surface area contributed by atoms with Gasteiger partial charge in [-0.15, -0.1) is 0 Å². The van der Waals surface area contributed by atoms with Crippen molar-refractivity contribution in [1.29, 1.82) is 0 Å². The summed E-state index contributed by atoms with van der Waals surface area (Å²) < 4.78 is 27.3. The van der Waals surface area contributed by atoms with Gasteiger partial charge in [-0.2, -0.15) is 0 Å². The van der Waals surface area contributed by atoms with E-state index in [1.165, 1.54) is 12.1 Å². The van der Waals surface area contributed by atoms with E-state index in [9.17, 15) is 8.78 Å². The molecular formula is C11H10BrF2N3. The van der Waals surface area contributed by atoms with E-state index in [2.05, 4.69) is 31.2 Å². The summed E-state index contributed by atoms with van der Waals surface area (Å²) in [6.45, 7) is 2.11. The predicted molar refractivity (Wildman–Crippen MR) is 64.7 cm³/mol. The van der Waals surface area contributed by atoms with Crippen LogP contribution in [0, 0.1) is 18.6 Å². The number of hydrogen-bond donors (Lipinski definition) is 2. The van der Waals surface area contributed by atoms with Crippen molar-refractivity contribution >= 4 is 21.6 Å². The normalized spacial score (nSPS) is 10.6. The van der Waals surface area contributed by atoms with Gasteiger partial charge >= 0.3 is 0 Å². The molecule has 0 saturated carbocycles. The number of rotatable bonds is 3. The van der Waals surface area contributed by atoms with E-state index < -0.39 is 11.6 Å². The second-order valence-corrected chi connectivity index (χ2v) is 4.49. The molecule has 0 saturated heterocycles. The van der Waals surface area contributed by atoms with Crippen LogP contribution >= 0.6 is 15.9 Å². The molecule has 0 aliphatic heterocycles. The van der Waals surface area contributed by atoms with E-state index in [-0.39, 0.29) is 12.2 Å². The van der Waals surface area contributed by atoms with Crippen molar-refractivity contribution in [3.05, 3.63) is 46.0 Å². The predicted octanol–water partition coefficient (Wildman–Crippen LogP) is 3.37. The minimum absolute atomic E-state index is 0.143. The molecule has 1 aromatic carbocycles. The highest BCUT2D eigenvalue weighted by Gasteiger charge is 2.11. The van der Waals surface area contributed by atoms with Crippen LogP contribution in [0.25, 0.3) is 0 Å². The third-order valence-corrected chi connectivity index (χ3v) is 2.83. The molecule has 90 valence electrons. The second-order valence-electron chi connectivity index (χ2n) is 3.57. The lowest BCUT2D eigenvalue weighted by molar-refractivity contribution is 0.586. The van der Waals surface area contributed by atoms with Gasteiger partial charge in [-0.3, -0.25) is 0 Å². The number of hydrogen-bond acceptors (Lipinski definition) is 2. The first kappa shape index (κ1) is 12.0. The largest absolute Gasteiger partial charge is 0.375 e. The SMILES string of the molecule is Cc1[nH]cnc1CNc1c(F)cc(Br)cc1F. The van der Waals surface area contributed by atoms with Gasteiger partial charge in [0.05, 0.1) is 18.6 Å². The number of imidazole rings is 1. The number of aryl methyl sites for hydroxylation is 1. The fraction of sp³-hybridized carbons (Fsp3) is 0.182. The van der Waals surface area contributed by atoms with Gasteiger partial charge in [-0.1, -0.05) is 15.9 Å². The maximum Gasteiger partial charge on any atom is 0.150 e. The summed E-state index contributed by atoms with van der Waals surface area (Å²) in [4.78, 5) is 6.93. The number of aromatic amines is 1. The number of H-pyrrole nitrogens is 1. The summed E-state index contributed by atoms with van der Waals surface area (Å²) in [5, 5.41) is 2.70. The molecular weight excluding hydrogens is 292 g/mol. The van der Waals surface area contributed by atoms with Crippen LogP contribution in [-0.2, 0) is 6.54 Å². The average Bonchev–Trinajstić information content (AvgIpc) is 2.62. The van der Waals surface area contributed by atoms with E-state index in [1.807, 2.05) is 6.92 Å². The molecule has 2 aromatic rings. The number of benzene rings is 1. The van der Waals surface area contributed by atoms with Crippen LogP contribution < -0.4 is 5.32 Å². The second kappa shape index (κ2) is 4.83. The molecule has 1 heterocycles. The van der Waals surface area contributed by atoms with Crippen molar-refractivity contribution in [3.8, 4) is 0 Å². The Kier molecular flexibility index (Phi) is 3.42. The average molecular weight is 302 g/mol.